The Morgan fingerprint density at radius 1 is 1.02 bits per heavy atom. The van der Waals surface area contributed by atoms with Crippen LogP contribution in [0.15, 0.2) is 79.9 Å². The van der Waals surface area contributed by atoms with Crippen LogP contribution in [-0.4, -0.2) is 87.5 Å². The third-order valence-electron chi connectivity index (χ3n) is 10.2. The number of aliphatic hydroxyl groups is 1. The molecular formula is C37H48N4O4S. The highest BCUT2D eigenvalue weighted by Gasteiger charge is 2.76. The molecule has 5 rings (SSSR count). The predicted octanol–water partition coefficient (Wildman–Crippen LogP) is 4.98. The van der Waals surface area contributed by atoms with Crippen molar-refractivity contribution in [2.45, 2.75) is 62.7 Å². The molecule has 0 saturated carbocycles. The SMILES string of the molecule is C=CCN(Cc1ccccc1)C(=O)[C@@H]1[C@H]2C(=O)N([C@H](C)CO)C(C(=O)N(CC=C)c3ccc(N(CC)CC)cc3)C23S[C@@H]1CC3C. The molecule has 0 aliphatic carbocycles. The van der Waals surface area contributed by atoms with Crippen LogP contribution in [0.5, 0.6) is 0 Å². The van der Waals surface area contributed by atoms with Gasteiger partial charge < -0.3 is 24.7 Å². The summed E-state index contributed by atoms with van der Waals surface area (Å²) in [7, 11) is 0. The number of hydrogen-bond donors (Lipinski definition) is 1. The normalized spacial score (nSPS) is 26.8. The van der Waals surface area contributed by atoms with Crippen molar-refractivity contribution in [3.63, 3.8) is 0 Å². The number of thioether (sulfide) groups is 1. The van der Waals surface area contributed by atoms with Gasteiger partial charge in [-0.25, -0.2) is 0 Å². The van der Waals surface area contributed by atoms with Gasteiger partial charge in [0.2, 0.25) is 11.8 Å². The molecule has 246 valence electrons. The van der Waals surface area contributed by atoms with E-state index >= 15 is 0 Å². The maximum absolute atomic E-state index is 14.9. The second-order valence-corrected chi connectivity index (χ2v) is 14.3. The smallest absolute Gasteiger partial charge is 0.251 e. The molecule has 0 radical (unpaired) electrons. The van der Waals surface area contributed by atoms with Crippen molar-refractivity contribution in [2.75, 3.05) is 42.6 Å². The second-order valence-electron chi connectivity index (χ2n) is 12.7. The third-order valence-corrected chi connectivity index (χ3v) is 12.3. The summed E-state index contributed by atoms with van der Waals surface area (Å²) in [6.07, 6.45) is 4.16. The van der Waals surface area contributed by atoms with Crippen molar-refractivity contribution < 1.29 is 19.5 Å². The quantitative estimate of drug-likeness (QED) is 0.292. The first-order chi connectivity index (χ1) is 22.2. The van der Waals surface area contributed by atoms with Crippen LogP contribution in [-0.2, 0) is 20.9 Å². The molecule has 3 aliphatic heterocycles. The lowest BCUT2D eigenvalue weighted by molar-refractivity contribution is -0.145. The van der Waals surface area contributed by atoms with E-state index in [1.165, 1.54) is 0 Å². The minimum Gasteiger partial charge on any atom is -0.394 e. The van der Waals surface area contributed by atoms with E-state index in [2.05, 4.69) is 38.8 Å². The minimum atomic E-state index is -0.834. The number of rotatable bonds is 14. The highest BCUT2D eigenvalue weighted by molar-refractivity contribution is 8.02. The average molecular weight is 645 g/mol. The lowest BCUT2D eigenvalue weighted by atomic mass is 9.65. The van der Waals surface area contributed by atoms with Crippen LogP contribution in [0, 0.1) is 17.8 Å². The van der Waals surface area contributed by atoms with Crippen LogP contribution < -0.4 is 9.80 Å². The highest BCUT2D eigenvalue weighted by Crippen LogP contribution is 2.69. The molecule has 3 saturated heterocycles. The molecule has 3 aliphatic rings. The van der Waals surface area contributed by atoms with Crippen LogP contribution in [0.4, 0.5) is 11.4 Å². The molecule has 2 bridgehead atoms. The summed E-state index contributed by atoms with van der Waals surface area (Å²) >= 11 is 1.65. The fourth-order valence-electron chi connectivity index (χ4n) is 8.02. The monoisotopic (exact) mass is 644 g/mol. The zero-order valence-corrected chi connectivity index (χ0v) is 28.4. The first-order valence-corrected chi connectivity index (χ1v) is 17.4. The first-order valence-electron chi connectivity index (χ1n) is 16.5. The maximum Gasteiger partial charge on any atom is 0.251 e. The van der Waals surface area contributed by atoms with E-state index in [9.17, 15) is 19.5 Å². The Morgan fingerprint density at radius 3 is 2.24 bits per heavy atom. The summed E-state index contributed by atoms with van der Waals surface area (Å²) in [6, 6.07) is 16.4. The molecule has 2 aromatic rings. The van der Waals surface area contributed by atoms with Gasteiger partial charge in [-0.3, -0.25) is 14.4 Å². The van der Waals surface area contributed by atoms with Gasteiger partial charge in [-0.15, -0.1) is 24.9 Å². The third kappa shape index (κ3) is 5.66. The number of nitrogens with zero attached hydrogens (tertiary/aromatic N) is 4. The molecule has 3 amide bonds. The summed E-state index contributed by atoms with van der Waals surface area (Å²) in [5.74, 6) is -1.71. The number of carbonyl (C=O) groups is 3. The van der Waals surface area contributed by atoms with Gasteiger partial charge in [0, 0.05) is 49.3 Å². The molecule has 2 aromatic carbocycles. The van der Waals surface area contributed by atoms with Crippen LogP contribution in [0.25, 0.3) is 0 Å². The molecule has 3 unspecified atom stereocenters. The van der Waals surface area contributed by atoms with Crippen molar-refractivity contribution in [1.82, 2.24) is 9.80 Å². The van der Waals surface area contributed by atoms with Crippen molar-refractivity contribution >= 4 is 40.9 Å². The van der Waals surface area contributed by atoms with Gasteiger partial charge in [0.1, 0.15) is 6.04 Å². The van der Waals surface area contributed by atoms with E-state index in [1.807, 2.05) is 54.6 Å². The highest BCUT2D eigenvalue weighted by atomic mass is 32.2. The van der Waals surface area contributed by atoms with E-state index in [0.717, 1.165) is 36.4 Å². The molecule has 8 nitrogen and oxygen atoms in total. The Labute approximate surface area is 278 Å². The maximum atomic E-state index is 14.9. The van der Waals surface area contributed by atoms with Crippen molar-refractivity contribution in [3.05, 3.63) is 85.5 Å². The lowest BCUT2D eigenvalue weighted by Gasteiger charge is -2.42. The van der Waals surface area contributed by atoms with E-state index in [0.29, 0.717) is 13.1 Å². The van der Waals surface area contributed by atoms with Gasteiger partial charge in [0.25, 0.3) is 5.91 Å². The number of benzene rings is 2. The van der Waals surface area contributed by atoms with Gasteiger partial charge in [0.05, 0.1) is 29.2 Å². The molecule has 1 N–H and O–H groups in total. The second kappa shape index (κ2) is 14.1. The fourth-order valence-corrected chi connectivity index (χ4v) is 10.4. The average Bonchev–Trinajstić information content (AvgIpc) is 3.67. The predicted molar refractivity (Wildman–Crippen MR) is 187 cm³/mol. The summed E-state index contributed by atoms with van der Waals surface area (Å²) in [4.78, 5) is 51.4. The van der Waals surface area contributed by atoms with Crippen LogP contribution in [0.3, 0.4) is 0 Å². The molecule has 3 fully saturated rings. The van der Waals surface area contributed by atoms with E-state index in [4.69, 9.17) is 0 Å². The zero-order valence-electron chi connectivity index (χ0n) is 27.5. The fraction of sp³-hybridized carbons (Fsp3) is 0.486. The van der Waals surface area contributed by atoms with E-state index in [-0.39, 0.29) is 42.0 Å². The minimum absolute atomic E-state index is 0.0166. The van der Waals surface area contributed by atoms with Crippen LogP contribution >= 0.6 is 11.8 Å². The molecule has 7 atom stereocenters. The molecular weight excluding hydrogens is 596 g/mol. The lowest BCUT2D eigenvalue weighted by Crippen LogP contribution is -2.59. The van der Waals surface area contributed by atoms with Gasteiger partial charge in [-0.05, 0) is 62.9 Å². The molecule has 0 aromatic heterocycles. The molecule has 1 spiro atoms. The van der Waals surface area contributed by atoms with Crippen LogP contribution in [0.1, 0.15) is 39.7 Å². The number of likely N-dealkylation sites (tertiary alicyclic amines) is 1. The number of hydrogen-bond acceptors (Lipinski definition) is 6. The van der Waals surface area contributed by atoms with Gasteiger partial charge >= 0.3 is 0 Å². The van der Waals surface area contributed by atoms with Crippen molar-refractivity contribution in [1.29, 1.82) is 0 Å². The first kappa shape index (κ1) is 33.8. The standard InChI is InChI=1S/C37H48N4O4S/c1-7-20-39(23-27-14-12-11-13-15-27)34(43)31-30-22-25(5)37(46-30)32(31)35(44)41(26(6)24-42)33(37)36(45)40(21-8-2)29-18-16-28(17-19-29)38(9-3)10-4/h7-8,11-19,25-26,30-33,42H,1-2,9-10,20-24H2,3-6H3/t25?,26-,30-,31+,32+,33?,37?/m1/s1. The Bertz CT molecular complexity index is 1430. The number of aliphatic hydroxyl groups excluding tert-OH is 1. The summed E-state index contributed by atoms with van der Waals surface area (Å²) in [5, 5.41) is 10.3. The zero-order chi connectivity index (χ0) is 33.2. The van der Waals surface area contributed by atoms with Crippen molar-refractivity contribution in [2.24, 2.45) is 17.8 Å². The number of fused-ring (bicyclic) bond motifs is 1. The van der Waals surface area contributed by atoms with Gasteiger partial charge in [-0.2, -0.15) is 0 Å². The summed E-state index contributed by atoms with van der Waals surface area (Å²) in [5.41, 5.74) is 2.80. The molecule has 46 heavy (non-hydrogen) atoms. The molecule has 9 heteroatoms. The summed E-state index contributed by atoms with van der Waals surface area (Å²) < 4.78 is -0.796. The Morgan fingerprint density at radius 2 is 1.65 bits per heavy atom. The van der Waals surface area contributed by atoms with Gasteiger partial charge in [0.15, 0.2) is 0 Å². The van der Waals surface area contributed by atoms with E-state index < -0.39 is 28.7 Å². The summed E-state index contributed by atoms with van der Waals surface area (Å²) in [6.45, 7) is 18.5. The Kier molecular flexibility index (Phi) is 10.3. The Hall–Kier alpha value is -3.56. The van der Waals surface area contributed by atoms with Crippen LogP contribution in [0.2, 0.25) is 0 Å². The number of amides is 3. The topological polar surface area (TPSA) is 84.4 Å². The van der Waals surface area contributed by atoms with Gasteiger partial charge in [-0.1, -0.05) is 49.4 Å². The van der Waals surface area contributed by atoms with Crippen molar-refractivity contribution in [3.8, 4) is 0 Å². The Balaban J connectivity index is 1.54. The van der Waals surface area contributed by atoms with E-state index in [1.54, 1.807) is 45.5 Å². The molecule has 3 heterocycles. The number of carbonyl (C=O) groups excluding carboxylic acids is 3. The largest absolute Gasteiger partial charge is 0.394 e. The number of anilines is 2.